The van der Waals surface area contributed by atoms with Gasteiger partial charge >= 0.3 is 0 Å². The number of benzene rings is 2. The molecule has 0 saturated heterocycles. The van der Waals surface area contributed by atoms with Gasteiger partial charge in [0.2, 0.25) is 0 Å². The summed E-state index contributed by atoms with van der Waals surface area (Å²) >= 11 is 1.61. The Morgan fingerprint density at radius 3 is 2.79 bits per heavy atom. The Hall–Kier alpha value is -3.05. The lowest BCUT2D eigenvalue weighted by molar-refractivity contribution is -0.119. The number of carbonyl (C=O) groups excluding carboxylic acids is 1. The number of aromatic nitrogens is 2. The Balaban J connectivity index is 1.42. The molecule has 4 aromatic rings. The van der Waals surface area contributed by atoms with Gasteiger partial charge in [0.25, 0.3) is 0 Å². The SMILES string of the molecule is CC(CC(=O)Cc1cccc(-c2nc3ccncc3s2)c1)Oc1ccccc1. The molecule has 0 radical (unpaired) electrons. The Morgan fingerprint density at radius 1 is 1.11 bits per heavy atom. The molecule has 0 aliphatic carbocycles. The Kier molecular flexibility index (Phi) is 5.44. The van der Waals surface area contributed by atoms with Gasteiger partial charge < -0.3 is 4.74 Å². The van der Waals surface area contributed by atoms with Crippen molar-refractivity contribution in [2.45, 2.75) is 25.9 Å². The first-order chi connectivity index (χ1) is 13.7. The number of pyridine rings is 1. The fraction of sp³-hybridized carbons (Fsp3) is 0.174. The molecular formula is C23H20N2O2S. The van der Waals surface area contributed by atoms with Gasteiger partial charge in [0.15, 0.2) is 0 Å². The minimum absolute atomic E-state index is 0.158. The van der Waals surface area contributed by atoms with Crippen molar-refractivity contribution >= 4 is 27.3 Å². The molecule has 0 aliphatic heterocycles. The number of ketones is 1. The number of carbonyl (C=O) groups is 1. The topological polar surface area (TPSA) is 52.1 Å². The molecule has 0 aliphatic rings. The summed E-state index contributed by atoms with van der Waals surface area (Å²) in [5.41, 5.74) is 2.97. The first-order valence-electron chi connectivity index (χ1n) is 9.20. The molecule has 2 aromatic heterocycles. The normalized spacial score (nSPS) is 12.0. The zero-order valence-electron chi connectivity index (χ0n) is 15.5. The van der Waals surface area contributed by atoms with Crippen LogP contribution < -0.4 is 4.74 Å². The standard InChI is InChI=1S/C23H20N2O2S/c1-16(27-20-8-3-2-4-9-20)12-19(26)14-17-6-5-7-18(13-17)23-25-21-10-11-24-15-22(21)28-23/h2-11,13,15-16H,12,14H2,1H3. The van der Waals surface area contributed by atoms with Crippen LogP contribution in [0.5, 0.6) is 5.75 Å². The van der Waals surface area contributed by atoms with Crippen molar-refractivity contribution in [2.24, 2.45) is 0 Å². The van der Waals surface area contributed by atoms with Crippen molar-refractivity contribution in [1.29, 1.82) is 0 Å². The summed E-state index contributed by atoms with van der Waals surface area (Å²) < 4.78 is 6.88. The molecule has 0 N–H and O–H groups in total. The zero-order valence-corrected chi connectivity index (χ0v) is 16.4. The van der Waals surface area contributed by atoms with Crippen LogP contribution in [0.15, 0.2) is 73.1 Å². The van der Waals surface area contributed by atoms with E-state index in [0.29, 0.717) is 12.8 Å². The molecule has 0 saturated carbocycles. The minimum Gasteiger partial charge on any atom is -0.490 e. The molecule has 0 bridgehead atoms. The summed E-state index contributed by atoms with van der Waals surface area (Å²) in [6, 6.07) is 19.5. The van der Waals surface area contributed by atoms with Crippen LogP contribution in [0, 0.1) is 0 Å². The van der Waals surface area contributed by atoms with Gasteiger partial charge in [-0.05, 0) is 36.8 Å². The molecule has 0 amide bonds. The van der Waals surface area contributed by atoms with E-state index < -0.39 is 0 Å². The van der Waals surface area contributed by atoms with Gasteiger partial charge in [0.05, 0.1) is 10.2 Å². The van der Waals surface area contributed by atoms with Gasteiger partial charge in [0, 0.05) is 30.8 Å². The minimum atomic E-state index is -0.158. The zero-order chi connectivity index (χ0) is 19.3. The second-order valence-corrected chi connectivity index (χ2v) is 7.75. The summed E-state index contributed by atoms with van der Waals surface area (Å²) in [6.07, 6.45) is 4.20. The van der Waals surface area contributed by atoms with Crippen LogP contribution in [-0.2, 0) is 11.2 Å². The first kappa shape index (κ1) is 18.3. The predicted molar refractivity (Wildman–Crippen MR) is 113 cm³/mol. The molecule has 28 heavy (non-hydrogen) atoms. The van der Waals surface area contributed by atoms with E-state index in [1.807, 2.05) is 73.8 Å². The van der Waals surface area contributed by atoms with Crippen LogP contribution >= 0.6 is 11.3 Å². The lowest BCUT2D eigenvalue weighted by Crippen LogP contribution is -2.18. The van der Waals surface area contributed by atoms with Crippen molar-refractivity contribution in [3.63, 3.8) is 0 Å². The van der Waals surface area contributed by atoms with Crippen molar-refractivity contribution in [2.75, 3.05) is 0 Å². The molecule has 4 nitrogen and oxygen atoms in total. The van der Waals surface area contributed by atoms with E-state index in [-0.39, 0.29) is 11.9 Å². The third-order valence-corrected chi connectivity index (χ3v) is 5.42. The molecule has 1 atom stereocenters. The van der Waals surface area contributed by atoms with E-state index in [1.54, 1.807) is 17.5 Å². The van der Waals surface area contributed by atoms with Crippen LogP contribution in [0.4, 0.5) is 0 Å². The maximum Gasteiger partial charge on any atom is 0.140 e. The number of Topliss-reactive ketones (excluding diaryl/α,β-unsaturated/α-hetero) is 1. The fourth-order valence-electron chi connectivity index (χ4n) is 3.11. The van der Waals surface area contributed by atoms with E-state index in [9.17, 15) is 4.79 Å². The summed E-state index contributed by atoms with van der Waals surface area (Å²) in [5.74, 6) is 0.948. The van der Waals surface area contributed by atoms with Gasteiger partial charge in [-0.25, -0.2) is 4.98 Å². The second-order valence-electron chi connectivity index (χ2n) is 6.72. The molecule has 2 aromatic carbocycles. The van der Waals surface area contributed by atoms with Crippen LogP contribution in [0.2, 0.25) is 0 Å². The summed E-state index contributed by atoms with van der Waals surface area (Å²) in [4.78, 5) is 21.3. The highest BCUT2D eigenvalue weighted by Gasteiger charge is 2.13. The number of nitrogens with zero attached hydrogens (tertiary/aromatic N) is 2. The number of hydrogen-bond donors (Lipinski definition) is 0. The van der Waals surface area contributed by atoms with Crippen LogP contribution in [0.1, 0.15) is 18.9 Å². The van der Waals surface area contributed by atoms with Gasteiger partial charge in [-0.2, -0.15) is 0 Å². The highest BCUT2D eigenvalue weighted by molar-refractivity contribution is 7.21. The lowest BCUT2D eigenvalue weighted by atomic mass is 10.0. The Morgan fingerprint density at radius 2 is 1.96 bits per heavy atom. The molecule has 1 unspecified atom stereocenters. The molecule has 5 heteroatoms. The fourth-order valence-corrected chi connectivity index (χ4v) is 4.04. The average molecular weight is 388 g/mol. The molecular weight excluding hydrogens is 368 g/mol. The predicted octanol–water partition coefficient (Wildman–Crippen LogP) is 5.33. The Bertz CT molecular complexity index is 1060. The van der Waals surface area contributed by atoms with Crippen LogP contribution in [0.25, 0.3) is 20.8 Å². The van der Waals surface area contributed by atoms with Crippen molar-refractivity contribution in [3.05, 3.63) is 78.6 Å². The largest absolute Gasteiger partial charge is 0.490 e. The number of rotatable bonds is 7. The molecule has 4 rings (SSSR count). The van der Waals surface area contributed by atoms with Gasteiger partial charge in [-0.3, -0.25) is 9.78 Å². The van der Waals surface area contributed by atoms with Crippen molar-refractivity contribution in [3.8, 4) is 16.3 Å². The summed E-state index contributed by atoms with van der Waals surface area (Å²) in [7, 11) is 0. The molecule has 0 spiro atoms. The third-order valence-electron chi connectivity index (χ3n) is 4.36. The number of thiazole rings is 1. The molecule has 140 valence electrons. The number of fused-ring (bicyclic) bond motifs is 1. The highest BCUT2D eigenvalue weighted by atomic mass is 32.1. The van der Waals surface area contributed by atoms with Crippen molar-refractivity contribution < 1.29 is 9.53 Å². The van der Waals surface area contributed by atoms with Crippen LogP contribution in [0.3, 0.4) is 0 Å². The van der Waals surface area contributed by atoms with E-state index in [2.05, 4.69) is 9.97 Å². The van der Waals surface area contributed by atoms with Gasteiger partial charge in [-0.1, -0.05) is 36.4 Å². The van der Waals surface area contributed by atoms with Gasteiger partial charge in [0.1, 0.15) is 22.6 Å². The highest BCUT2D eigenvalue weighted by Crippen LogP contribution is 2.30. The van der Waals surface area contributed by atoms with Gasteiger partial charge in [-0.15, -0.1) is 11.3 Å². The van der Waals surface area contributed by atoms with E-state index in [0.717, 1.165) is 32.1 Å². The summed E-state index contributed by atoms with van der Waals surface area (Å²) in [5, 5.41) is 0.943. The third kappa shape index (κ3) is 4.43. The second kappa shape index (κ2) is 8.31. The van der Waals surface area contributed by atoms with Crippen molar-refractivity contribution in [1.82, 2.24) is 9.97 Å². The number of ether oxygens (including phenoxy) is 1. The Labute approximate surface area is 167 Å². The number of para-hydroxylation sites is 1. The van der Waals surface area contributed by atoms with Crippen LogP contribution in [-0.4, -0.2) is 21.9 Å². The van der Waals surface area contributed by atoms with E-state index in [1.165, 1.54) is 0 Å². The van der Waals surface area contributed by atoms with E-state index >= 15 is 0 Å². The quantitative estimate of drug-likeness (QED) is 0.429. The monoisotopic (exact) mass is 388 g/mol. The first-order valence-corrected chi connectivity index (χ1v) is 10.0. The maximum absolute atomic E-state index is 12.5. The number of hydrogen-bond acceptors (Lipinski definition) is 5. The van der Waals surface area contributed by atoms with E-state index in [4.69, 9.17) is 4.74 Å². The maximum atomic E-state index is 12.5. The summed E-state index contributed by atoms with van der Waals surface area (Å²) in [6.45, 7) is 1.93. The molecule has 2 heterocycles. The average Bonchev–Trinajstić information content (AvgIpc) is 3.13. The smallest absolute Gasteiger partial charge is 0.140 e. The molecule has 0 fully saturated rings. The lowest BCUT2D eigenvalue weighted by Gasteiger charge is -2.14.